The molecule has 7 heteroatoms. The van der Waals surface area contributed by atoms with Crippen LogP contribution in [0.1, 0.15) is 20.3 Å². The molecule has 0 aliphatic rings. The van der Waals surface area contributed by atoms with Gasteiger partial charge in [-0.2, -0.15) is 0 Å². The van der Waals surface area contributed by atoms with Crippen LogP contribution in [0.3, 0.4) is 0 Å². The van der Waals surface area contributed by atoms with Crippen molar-refractivity contribution in [3.63, 3.8) is 0 Å². The minimum atomic E-state index is -3.64. The lowest BCUT2D eigenvalue weighted by Crippen LogP contribution is -2.27. The number of hydrogen-bond donors (Lipinski definition) is 2. The predicted molar refractivity (Wildman–Crippen MR) is 74.1 cm³/mol. The summed E-state index contributed by atoms with van der Waals surface area (Å²) in [5.41, 5.74) is 5.73. The Kier molecular flexibility index (Phi) is 6.20. The Labute approximate surface area is 114 Å². The second-order valence-electron chi connectivity index (χ2n) is 4.62. The molecular weight excluding hydrogens is 266 g/mol. The van der Waals surface area contributed by atoms with Gasteiger partial charge < -0.3 is 10.5 Å². The molecule has 6 nitrogen and oxygen atoms in total. The second-order valence-corrected chi connectivity index (χ2v) is 6.30. The van der Waals surface area contributed by atoms with E-state index < -0.39 is 10.0 Å². The number of nitrogen functional groups attached to an aromatic ring is 1. The molecule has 0 bridgehead atoms. The number of sulfonamides is 1. The molecule has 0 radical (unpaired) electrons. The molecule has 0 fully saturated rings. The van der Waals surface area contributed by atoms with Crippen LogP contribution >= 0.6 is 0 Å². The molecule has 0 aliphatic heterocycles. The van der Waals surface area contributed by atoms with Crippen molar-refractivity contribution in [1.29, 1.82) is 0 Å². The Bertz CT molecular complexity index is 489. The van der Waals surface area contributed by atoms with E-state index in [1.54, 1.807) is 6.07 Å². The zero-order valence-electron chi connectivity index (χ0n) is 11.3. The Balaban J connectivity index is 2.38. The highest BCUT2D eigenvalue weighted by molar-refractivity contribution is 7.89. The summed E-state index contributed by atoms with van der Waals surface area (Å²) in [6.45, 7) is 5.63. The average Bonchev–Trinajstić information content (AvgIpc) is 2.33. The van der Waals surface area contributed by atoms with Crippen LogP contribution in [-0.2, 0) is 14.8 Å². The highest BCUT2D eigenvalue weighted by Crippen LogP contribution is 2.13. The number of aromatic nitrogens is 1. The number of pyridine rings is 1. The minimum absolute atomic E-state index is 0.127. The molecule has 19 heavy (non-hydrogen) atoms. The number of ether oxygens (including phenoxy) is 1. The van der Waals surface area contributed by atoms with E-state index in [1.807, 2.05) is 0 Å². The molecule has 0 atom stereocenters. The Morgan fingerprint density at radius 1 is 1.47 bits per heavy atom. The Hall–Kier alpha value is -1.18. The summed E-state index contributed by atoms with van der Waals surface area (Å²) in [5, 5.41) is -0.127. The zero-order valence-corrected chi connectivity index (χ0v) is 12.1. The van der Waals surface area contributed by atoms with E-state index in [0.29, 0.717) is 32.1 Å². The third-order valence-electron chi connectivity index (χ3n) is 2.26. The topological polar surface area (TPSA) is 94.3 Å². The first-order valence-electron chi connectivity index (χ1n) is 6.21. The fourth-order valence-electron chi connectivity index (χ4n) is 1.40. The average molecular weight is 287 g/mol. The first-order chi connectivity index (χ1) is 8.93. The SMILES string of the molecule is CC(C)COCCCNS(=O)(=O)c1ncccc1N. The van der Waals surface area contributed by atoms with E-state index >= 15 is 0 Å². The zero-order chi connectivity index (χ0) is 14.3. The van der Waals surface area contributed by atoms with Gasteiger partial charge in [0, 0.05) is 26.0 Å². The van der Waals surface area contributed by atoms with Crippen molar-refractivity contribution in [3.8, 4) is 0 Å². The summed E-state index contributed by atoms with van der Waals surface area (Å²) >= 11 is 0. The standard InChI is InChI=1S/C12H21N3O3S/c1-10(2)9-18-8-4-7-15-19(16,17)12-11(13)5-3-6-14-12/h3,5-6,10,15H,4,7-9,13H2,1-2H3. The van der Waals surface area contributed by atoms with Gasteiger partial charge in [-0.3, -0.25) is 0 Å². The highest BCUT2D eigenvalue weighted by Gasteiger charge is 2.17. The molecule has 0 spiro atoms. The van der Waals surface area contributed by atoms with Gasteiger partial charge in [-0.25, -0.2) is 18.1 Å². The number of rotatable bonds is 8. The lowest BCUT2D eigenvalue weighted by molar-refractivity contribution is 0.108. The number of nitrogens with zero attached hydrogens (tertiary/aromatic N) is 1. The van der Waals surface area contributed by atoms with Crippen LogP contribution in [0, 0.1) is 5.92 Å². The molecule has 0 unspecified atom stereocenters. The van der Waals surface area contributed by atoms with Gasteiger partial charge in [-0.1, -0.05) is 13.8 Å². The molecule has 1 heterocycles. The molecule has 3 N–H and O–H groups in total. The van der Waals surface area contributed by atoms with Gasteiger partial charge in [0.05, 0.1) is 5.69 Å². The number of anilines is 1. The van der Waals surface area contributed by atoms with Gasteiger partial charge in [0.1, 0.15) is 0 Å². The van der Waals surface area contributed by atoms with Crippen LogP contribution in [0.25, 0.3) is 0 Å². The molecule has 0 saturated carbocycles. The van der Waals surface area contributed by atoms with Crippen molar-refractivity contribution in [2.75, 3.05) is 25.5 Å². The largest absolute Gasteiger partial charge is 0.396 e. The van der Waals surface area contributed by atoms with Gasteiger partial charge in [-0.15, -0.1) is 0 Å². The van der Waals surface area contributed by atoms with Crippen molar-refractivity contribution in [2.24, 2.45) is 5.92 Å². The Morgan fingerprint density at radius 2 is 2.21 bits per heavy atom. The quantitative estimate of drug-likeness (QED) is 0.696. The third kappa shape index (κ3) is 5.54. The highest BCUT2D eigenvalue weighted by atomic mass is 32.2. The first-order valence-corrected chi connectivity index (χ1v) is 7.69. The van der Waals surface area contributed by atoms with Crippen molar-refractivity contribution >= 4 is 15.7 Å². The molecule has 0 aliphatic carbocycles. The summed E-state index contributed by atoms with van der Waals surface area (Å²) < 4.78 is 31.6. The van der Waals surface area contributed by atoms with Crippen LogP contribution in [-0.4, -0.2) is 33.2 Å². The van der Waals surface area contributed by atoms with Crippen LogP contribution in [0.4, 0.5) is 5.69 Å². The fraction of sp³-hybridized carbons (Fsp3) is 0.583. The monoisotopic (exact) mass is 287 g/mol. The molecule has 1 aromatic heterocycles. The van der Waals surface area contributed by atoms with E-state index in [4.69, 9.17) is 10.5 Å². The van der Waals surface area contributed by atoms with Gasteiger partial charge in [0.15, 0.2) is 5.03 Å². The Morgan fingerprint density at radius 3 is 2.84 bits per heavy atom. The predicted octanol–water partition coefficient (Wildman–Crippen LogP) is 1.00. The molecular formula is C12H21N3O3S. The van der Waals surface area contributed by atoms with E-state index in [1.165, 1.54) is 12.3 Å². The molecule has 0 amide bonds. The minimum Gasteiger partial charge on any atom is -0.396 e. The van der Waals surface area contributed by atoms with Crippen LogP contribution in [0.2, 0.25) is 0 Å². The first kappa shape index (κ1) is 15.9. The van der Waals surface area contributed by atoms with Crippen LogP contribution in [0.5, 0.6) is 0 Å². The number of nitrogens with one attached hydrogen (secondary N) is 1. The van der Waals surface area contributed by atoms with Crippen molar-refractivity contribution in [3.05, 3.63) is 18.3 Å². The van der Waals surface area contributed by atoms with Gasteiger partial charge in [0.25, 0.3) is 10.0 Å². The summed E-state index contributed by atoms with van der Waals surface area (Å²) in [5.74, 6) is 0.477. The fourth-order valence-corrected chi connectivity index (χ4v) is 2.52. The summed E-state index contributed by atoms with van der Waals surface area (Å²) in [6, 6.07) is 3.10. The number of nitrogens with two attached hydrogens (primary N) is 1. The van der Waals surface area contributed by atoms with Crippen molar-refractivity contribution in [1.82, 2.24) is 9.71 Å². The van der Waals surface area contributed by atoms with E-state index in [-0.39, 0.29) is 10.7 Å². The summed E-state index contributed by atoms with van der Waals surface area (Å²) in [4.78, 5) is 3.78. The van der Waals surface area contributed by atoms with Crippen LogP contribution < -0.4 is 10.5 Å². The van der Waals surface area contributed by atoms with Gasteiger partial charge in [-0.05, 0) is 24.5 Å². The van der Waals surface area contributed by atoms with Crippen molar-refractivity contribution < 1.29 is 13.2 Å². The molecule has 0 aromatic carbocycles. The smallest absolute Gasteiger partial charge is 0.260 e. The van der Waals surface area contributed by atoms with E-state index in [9.17, 15) is 8.42 Å². The van der Waals surface area contributed by atoms with E-state index in [2.05, 4.69) is 23.6 Å². The van der Waals surface area contributed by atoms with Crippen molar-refractivity contribution in [2.45, 2.75) is 25.3 Å². The number of hydrogen-bond acceptors (Lipinski definition) is 5. The lowest BCUT2D eigenvalue weighted by Gasteiger charge is -2.09. The van der Waals surface area contributed by atoms with Gasteiger partial charge in [0.2, 0.25) is 0 Å². The maximum Gasteiger partial charge on any atom is 0.260 e. The molecule has 1 aromatic rings. The normalized spacial score (nSPS) is 11.9. The second kappa shape index (κ2) is 7.42. The molecule has 0 saturated heterocycles. The van der Waals surface area contributed by atoms with Crippen LogP contribution in [0.15, 0.2) is 23.4 Å². The maximum atomic E-state index is 11.9. The molecule has 1 rings (SSSR count). The third-order valence-corrected chi connectivity index (χ3v) is 3.70. The summed E-state index contributed by atoms with van der Waals surface area (Å²) in [6.07, 6.45) is 2.01. The van der Waals surface area contributed by atoms with E-state index in [0.717, 1.165) is 0 Å². The molecule has 108 valence electrons. The summed E-state index contributed by atoms with van der Waals surface area (Å²) in [7, 11) is -3.64. The van der Waals surface area contributed by atoms with Gasteiger partial charge >= 0.3 is 0 Å². The maximum absolute atomic E-state index is 11.9. The lowest BCUT2D eigenvalue weighted by atomic mass is 10.2.